The van der Waals surface area contributed by atoms with Crippen molar-refractivity contribution in [1.29, 1.82) is 0 Å². The van der Waals surface area contributed by atoms with Gasteiger partial charge in [0.05, 0.1) is 11.2 Å². The van der Waals surface area contributed by atoms with Crippen LogP contribution in [0.2, 0.25) is 0 Å². The van der Waals surface area contributed by atoms with Gasteiger partial charge in [-0.3, -0.25) is 0 Å². The number of fused-ring (bicyclic) bond motifs is 1. The lowest BCUT2D eigenvalue weighted by atomic mass is 10.2. The van der Waals surface area contributed by atoms with Gasteiger partial charge in [-0.05, 0) is 24.3 Å². The number of aryl methyl sites for hydroxylation is 1. The van der Waals surface area contributed by atoms with Gasteiger partial charge in [0.25, 0.3) is 0 Å². The lowest BCUT2D eigenvalue weighted by Crippen LogP contribution is -1.84. The lowest BCUT2D eigenvalue weighted by molar-refractivity contribution is 0.481. The van der Waals surface area contributed by atoms with Crippen molar-refractivity contribution in [3.63, 3.8) is 0 Å². The summed E-state index contributed by atoms with van der Waals surface area (Å²) < 4.78 is 1.83. The summed E-state index contributed by atoms with van der Waals surface area (Å²) in [6.07, 6.45) is 0. The van der Waals surface area contributed by atoms with Crippen LogP contribution in [-0.4, -0.2) is 9.67 Å². The molecule has 0 spiro atoms. The van der Waals surface area contributed by atoms with E-state index < -0.39 is 0 Å². The summed E-state index contributed by atoms with van der Waals surface area (Å²) in [7, 11) is 1.86. The van der Waals surface area contributed by atoms with Crippen molar-refractivity contribution < 1.29 is 5.11 Å². The smallest absolute Gasteiger partial charge is 0.198 e. The topological polar surface area (TPSA) is 49.9 Å². The van der Waals surface area contributed by atoms with Crippen molar-refractivity contribution in [3.05, 3.63) is 54.6 Å². The average Bonchev–Trinajstić information content (AvgIpc) is 2.71. The highest BCUT2D eigenvalue weighted by molar-refractivity contribution is 5.91. The monoisotopic (exact) mass is 251 g/mol. The third-order valence-corrected chi connectivity index (χ3v) is 3.07. The average molecular weight is 251 g/mol. The maximum Gasteiger partial charge on any atom is 0.198 e. The van der Waals surface area contributed by atoms with E-state index in [-0.39, 0.29) is 5.75 Å². The Morgan fingerprint density at radius 2 is 1.58 bits per heavy atom. The van der Waals surface area contributed by atoms with Gasteiger partial charge < -0.3 is 9.67 Å². The first-order valence-corrected chi connectivity index (χ1v) is 6.00. The Bertz CT molecular complexity index is 706. The minimum Gasteiger partial charge on any atom is -0.504 e. The van der Waals surface area contributed by atoms with Crippen molar-refractivity contribution in [2.24, 2.45) is 17.3 Å². The molecule has 0 saturated carbocycles. The summed E-state index contributed by atoms with van der Waals surface area (Å²) in [5, 5.41) is 19.2. The maximum atomic E-state index is 10.2. The van der Waals surface area contributed by atoms with Gasteiger partial charge in [-0.1, -0.05) is 30.3 Å². The minimum atomic E-state index is 0.165. The van der Waals surface area contributed by atoms with E-state index in [2.05, 4.69) is 10.2 Å². The molecule has 0 aliphatic carbocycles. The second-order valence-corrected chi connectivity index (χ2v) is 4.28. The number of azo groups is 1. The molecule has 2 aromatic carbocycles. The number of nitrogens with zero attached hydrogens (tertiary/aromatic N) is 3. The molecular formula is C15H13N3O. The highest BCUT2D eigenvalue weighted by atomic mass is 16.3. The molecule has 0 bridgehead atoms. The molecule has 0 saturated heterocycles. The van der Waals surface area contributed by atoms with E-state index >= 15 is 0 Å². The highest BCUT2D eigenvalue weighted by Crippen LogP contribution is 2.37. The van der Waals surface area contributed by atoms with E-state index in [1.807, 2.05) is 66.2 Å². The largest absolute Gasteiger partial charge is 0.504 e. The molecule has 0 atom stereocenters. The van der Waals surface area contributed by atoms with Crippen LogP contribution in [0.5, 0.6) is 5.75 Å². The van der Waals surface area contributed by atoms with Crippen molar-refractivity contribution in [3.8, 4) is 5.75 Å². The molecule has 3 aromatic rings. The van der Waals surface area contributed by atoms with Gasteiger partial charge in [0, 0.05) is 12.4 Å². The quantitative estimate of drug-likeness (QED) is 0.678. The van der Waals surface area contributed by atoms with Crippen LogP contribution < -0.4 is 0 Å². The fraction of sp³-hybridized carbons (Fsp3) is 0.0667. The summed E-state index contributed by atoms with van der Waals surface area (Å²) in [5.41, 5.74) is 1.69. The van der Waals surface area contributed by atoms with E-state index in [0.29, 0.717) is 5.82 Å². The lowest BCUT2D eigenvalue weighted by Gasteiger charge is -1.97. The van der Waals surface area contributed by atoms with Crippen LogP contribution in [0.25, 0.3) is 10.9 Å². The Balaban J connectivity index is 2.09. The second-order valence-electron chi connectivity index (χ2n) is 4.28. The molecule has 0 aliphatic rings. The fourth-order valence-corrected chi connectivity index (χ4v) is 2.07. The number of hydrogen-bond donors (Lipinski definition) is 1. The first-order valence-electron chi connectivity index (χ1n) is 6.00. The number of hydrogen-bond acceptors (Lipinski definition) is 3. The van der Waals surface area contributed by atoms with Gasteiger partial charge in [0.15, 0.2) is 11.6 Å². The Morgan fingerprint density at radius 1 is 0.895 bits per heavy atom. The molecular weight excluding hydrogens is 238 g/mol. The molecule has 0 fully saturated rings. The SMILES string of the molecule is Cn1c(N=Nc2ccccc2)c(O)c2ccccc21. The van der Waals surface area contributed by atoms with Crippen molar-refractivity contribution in [1.82, 2.24) is 4.57 Å². The van der Waals surface area contributed by atoms with Gasteiger partial charge in [0.2, 0.25) is 0 Å². The van der Waals surface area contributed by atoms with Gasteiger partial charge in [-0.25, -0.2) is 0 Å². The maximum absolute atomic E-state index is 10.2. The zero-order chi connectivity index (χ0) is 13.2. The summed E-state index contributed by atoms with van der Waals surface area (Å²) in [6.45, 7) is 0. The van der Waals surface area contributed by atoms with Gasteiger partial charge in [0.1, 0.15) is 0 Å². The molecule has 0 unspecified atom stereocenters. The Labute approximate surface area is 110 Å². The van der Waals surface area contributed by atoms with E-state index in [1.54, 1.807) is 0 Å². The third kappa shape index (κ3) is 1.97. The van der Waals surface area contributed by atoms with Crippen LogP contribution in [0.4, 0.5) is 11.5 Å². The fourth-order valence-electron chi connectivity index (χ4n) is 2.07. The van der Waals surface area contributed by atoms with E-state index in [1.165, 1.54) is 0 Å². The summed E-state index contributed by atoms with van der Waals surface area (Å²) in [5.74, 6) is 0.628. The molecule has 1 heterocycles. The zero-order valence-corrected chi connectivity index (χ0v) is 10.5. The van der Waals surface area contributed by atoms with E-state index in [9.17, 15) is 5.11 Å². The normalized spacial score (nSPS) is 11.4. The third-order valence-electron chi connectivity index (χ3n) is 3.07. The van der Waals surface area contributed by atoms with E-state index in [0.717, 1.165) is 16.6 Å². The van der Waals surface area contributed by atoms with Crippen molar-refractivity contribution in [2.75, 3.05) is 0 Å². The molecule has 19 heavy (non-hydrogen) atoms. The Kier molecular flexibility index (Phi) is 2.76. The van der Waals surface area contributed by atoms with Crippen LogP contribution in [0, 0.1) is 0 Å². The molecule has 3 rings (SSSR count). The van der Waals surface area contributed by atoms with Gasteiger partial charge in [-0.15, -0.1) is 10.2 Å². The van der Waals surface area contributed by atoms with Gasteiger partial charge >= 0.3 is 0 Å². The summed E-state index contributed by atoms with van der Waals surface area (Å²) in [4.78, 5) is 0. The Hall–Kier alpha value is -2.62. The van der Waals surface area contributed by atoms with Crippen molar-refractivity contribution >= 4 is 22.4 Å². The molecule has 4 heteroatoms. The van der Waals surface area contributed by atoms with Crippen LogP contribution in [0.15, 0.2) is 64.8 Å². The predicted octanol–water partition coefficient (Wildman–Crippen LogP) is 4.30. The van der Waals surface area contributed by atoms with Gasteiger partial charge in [-0.2, -0.15) is 0 Å². The first-order chi connectivity index (χ1) is 9.27. The number of rotatable bonds is 2. The number of aromatic hydroxyl groups is 1. The second kappa shape index (κ2) is 4.57. The van der Waals surface area contributed by atoms with Crippen LogP contribution in [0.1, 0.15) is 0 Å². The number of para-hydroxylation sites is 1. The summed E-state index contributed by atoms with van der Waals surface area (Å²) >= 11 is 0. The molecule has 94 valence electrons. The van der Waals surface area contributed by atoms with Crippen LogP contribution in [0.3, 0.4) is 0 Å². The number of benzene rings is 2. The molecule has 1 aromatic heterocycles. The van der Waals surface area contributed by atoms with Crippen LogP contribution in [-0.2, 0) is 7.05 Å². The predicted molar refractivity (Wildman–Crippen MR) is 75.2 cm³/mol. The minimum absolute atomic E-state index is 0.165. The Morgan fingerprint density at radius 3 is 2.32 bits per heavy atom. The van der Waals surface area contributed by atoms with Crippen LogP contribution >= 0.6 is 0 Å². The standard InChI is InChI=1S/C15H13N3O/c1-18-13-10-6-5-9-12(13)14(19)15(18)17-16-11-7-3-2-4-8-11/h2-10,19H,1H3. The zero-order valence-electron chi connectivity index (χ0n) is 10.5. The molecule has 0 amide bonds. The molecule has 0 aliphatic heterocycles. The molecule has 4 nitrogen and oxygen atoms in total. The molecule has 0 radical (unpaired) electrons. The number of aromatic nitrogens is 1. The highest BCUT2D eigenvalue weighted by Gasteiger charge is 2.13. The first kappa shape index (κ1) is 11.5. The van der Waals surface area contributed by atoms with Crippen molar-refractivity contribution in [2.45, 2.75) is 0 Å². The van der Waals surface area contributed by atoms with E-state index in [4.69, 9.17) is 0 Å². The molecule has 1 N–H and O–H groups in total. The summed E-state index contributed by atoms with van der Waals surface area (Å²) in [6, 6.07) is 17.1.